The first-order valence-electron chi connectivity index (χ1n) is 8.26. The van der Waals surface area contributed by atoms with Gasteiger partial charge in [0.2, 0.25) is 5.96 Å². The Balaban J connectivity index is 1.63. The Bertz CT molecular complexity index is 705. The fourth-order valence-electron chi connectivity index (χ4n) is 3.37. The van der Waals surface area contributed by atoms with Crippen molar-refractivity contribution in [3.63, 3.8) is 0 Å². The summed E-state index contributed by atoms with van der Waals surface area (Å²) in [6, 6.07) is 6.58. The van der Waals surface area contributed by atoms with Crippen LogP contribution in [0.3, 0.4) is 0 Å². The molecule has 0 amide bonds. The number of rotatable bonds is 3. The van der Waals surface area contributed by atoms with Crippen molar-refractivity contribution in [2.45, 2.75) is 43.5 Å². The van der Waals surface area contributed by atoms with E-state index in [2.05, 4.69) is 26.9 Å². The van der Waals surface area contributed by atoms with Crippen molar-refractivity contribution in [3.8, 4) is 0 Å². The maximum Gasteiger partial charge on any atom is 0.264 e. The molecule has 1 saturated carbocycles. The highest BCUT2D eigenvalue weighted by Crippen LogP contribution is 2.28. The van der Waals surface area contributed by atoms with Gasteiger partial charge in [-0.15, -0.1) is 0 Å². The van der Waals surface area contributed by atoms with E-state index in [1.807, 2.05) is 0 Å². The fraction of sp³-hybridized carbons (Fsp3) is 0.562. The van der Waals surface area contributed by atoms with Crippen LogP contribution in [0.5, 0.6) is 0 Å². The highest BCUT2D eigenvalue weighted by atomic mass is 35.5. The van der Waals surface area contributed by atoms with Gasteiger partial charge >= 0.3 is 0 Å². The van der Waals surface area contributed by atoms with Gasteiger partial charge in [0, 0.05) is 11.1 Å². The zero-order valence-electron chi connectivity index (χ0n) is 13.7. The monoisotopic (exact) mass is 370 g/mol. The van der Waals surface area contributed by atoms with Crippen LogP contribution in [0.2, 0.25) is 5.02 Å². The molecule has 1 heterocycles. The molecule has 1 aromatic rings. The van der Waals surface area contributed by atoms with E-state index in [1.165, 1.54) is 37.8 Å². The third-order valence-corrected chi connectivity index (χ3v) is 6.36. The zero-order chi connectivity index (χ0) is 17.2. The Morgan fingerprint density at radius 2 is 1.96 bits per heavy atom. The number of benzene rings is 1. The van der Waals surface area contributed by atoms with Crippen molar-refractivity contribution >= 4 is 27.6 Å². The summed E-state index contributed by atoms with van der Waals surface area (Å²) in [5, 5.41) is 3.58. The van der Waals surface area contributed by atoms with Gasteiger partial charge in [-0.2, -0.15) is 0 Å². The van der Waals surface area contributed by atoms with Gasteiger partial charge in [-0.05, 0) is 43.0 Å². The summed E-state index contributed by atoms with van der Waals surface area (Å²) in [6.07, 6.45) is 4.99. The first-order valence-corrected chi connectivity index (χ1v) is 10.1. The van der Waals surface area contributed by atoms with Crippen molar-refractivity contribution in [1.29, 1.82) is 0 Å². The molecule has 2 atom stereocenters. The number of guanidine groups is 1. The molecule has 1 aliphatic carbocycles. The predicted octanol–water partition coefficient (Wildman–Crippen LogP) is 2.37. The minimum Gasteiger partial charge on any atom is -0.343 e. The smallest absolute Gasteiger partial charge is 0.264 e. The molecule has 2 aliphatic rings. The Morgan fingerprint density at radius 1 is 1.25 bits per heavy atom. The average Bonchev–Trinajstić information content (AvgIpc) is 2.56. The lowest BCUT2D eigenvalue weighted by Crippen LogP contribution is -2.54. The van der Waals surface area contributed by atoms with Crippen LogP contribution in [0.15, 0.2) is 34.2 Å². The van der Waals surface area contributed by atoms with Crippen LogP contribution in [0, 0.1) is 5.92 Å². The van der Waals surface area contributed by atoms with Gasteiger partial charge in [0.1, 0.15) is 0 Å². The van der Waals surface area contributed by atoms with Gasteiger partial charge < -0.3 is 5.32 Å². The molecule has 1 aliphatic heterocycles. The third-order valence-electron chi connectivity index (χ3n) is 4.75. The van der Waals surface area contributed by atoms with Gasteiger partial charge in [0.25, 0.3) is 10.0 Å². The molecule has 0 radical (unpaired) electrons. The summed E-state index contributed by atoms with van der Waals surface area (Å²) >= 11 is 5.80. The molecule has 0 unspecified atom stereocenters. The molecular formula is C16H23ClN4O2S. The van der Waals surface area contributed by atoms with Crippen LogP contribution in [0.25, 0.3) is 0 Å². The minimum absolute atomic E-state index is 0.166. The molecule has 1 aromatic carbocycles. The molecule has 6 nitrogen and oxygen atoms in total. The van der Waals surface area contributed by atoms with E-state index in [9.17, 15) is 8.42 Å². The van der Waals surface area contributed by atoms with Gasteiger partial charge in [0.05, 0.1) is 18.2 Å². The van der Waals surface area contributed by atoms with E-state index in [0.717, 1.165) is 0 Å². The molecule has 0 bridgehead atoms. The summed E-state index contributed by atoms with van der Waals surface area (Å²) in [4.78, 5) is 6.81. The van der Waals surface area contributed by atoms with Crippen LogP contribution in [0.4, 0.5) is 0 Å². The fourth-order valence-corrected chi connectivity index (χ4v) is 4.50. The number of sulfonamides is 1. The lowest BCUT2D eigenvalue weighted by atomic mass is 9.85. The quantitative estimate of drug-likeness (QED) is 0.856. The number of halogens is 1. The van der Waals surface area contributed by atoms with Gasteiger partial charge in [-0.3, -0.25) is 4.90 Å². The first kappa shape index (κ1) is 17.5. The summed E-state index contributed by atoms with van der Waals surface area (Å²) in [5.41, 5.74) is 0. The summed E-state index contributed by atoms with van der Waals surface area (Å²) in [6.45, 7) is 3.41. The topological polar surface area (TPSA) is 73.8 Å². The molecular weight excluding hydrogens is 348 g/mol. The van der Waals surface area contributed by atoms with Crippen LogP contribution >= 0.6 is 11.6 Å². The number of hydrogen-bond acceptors (Lipinski definition) is 5. The van der Waals surface area contributed by atoms with E-state index in [0.29, 0.717) is 36.3 Å². The van der Waals surface area contributed by atoms with Crippen molar-refractivity contribution < 1.29 is 8.42 Å². The Hall–Kier alpha value is -1.31. The van der Waals surface area contributed by atoms with Crippen LogP contribution in [-0.4, -0.2) is 38.7 Å². The summed E-state index contributed by atoms with van der Waals surface area (Å²) < 4.78 is 27.2. The van der Waals surface area contributed by atoms with E-state index < -0.39 is 10.0 Å². The van der Waals surface area contributed by atoms with Crippen molar-refractivity contribution in [1.82, 2.24) is 14.9 Å². The maximum atomic E-state index is 12.4. The van der Waals surface area contributed by atoms with Gasteiger partial charge in [-0.1, -0.05) is 31.4 Å². The standard InChI is InChI=1S/C16H23ClN4O2S/c1-12-4-2-3-5-15(12)21-10-18-16(19-11-21)20-24(22,23)14-8-6-13(17)7-9-14/h6-9,12,15H,2-5,10-11H2,1H3,(H2,18,19,20)/t12-,15-/m0/s1. The maximum absolute atomic E-state index is 12.4. The van der Waals surface area contributed by atoms with Crippen LogP contribution < -0.4 is 10.0 Å². The minimum atomic E-state index is -3.65. The largest absolute Gasteiger partial charge is 0.343 e. The van der Waals surface area contributed by atoms with Crippen molar-refractivity contribution in [3.05, 3.63) is 29.3 Å². The molecule has 0 spiro atoms. The second-order valence-electron chi connectivity index (χ2n) is 6.46. The Kier molecular flexibility index (Phi) is 5.32. The number of hydrogen-bond donors (Lipinski definition) is 2. The molecule has 2 N–H and O–H groups in total. The van der Waals surface area contributed by atoms with Gasteiger partial charge in [-0.25, -0.2) is 18.1 Å². The van der Waals surface area contributed by atoms with Gasteiger partial charge in [0.15, 0.2) is 0 Å². The lowest BCUT2D eigenvalue weighted by Gasteiger charge is -2.39. The zero-order valence-corrected chi connectivity index (χ0v) is 15.3. The second-order valence-corrected chi connectivity index (χ2v) is 8.58. The molecule has 0 aromatic heterocycles. The second kappa shape index (κ2) is 7.29. The van der Waals surface area contributed by atoms with E-state index in [1.54, 1.807) is 12.1 Å². The summed E-state index contributed by atoms with van der Waals surface area (Å²) in [5.74, 6) is 0.952. The number of aliphatic imine (C=N–C) groups is 1. The molecule has 132 valence electrons. The highest BCUT2D eigenvalue weighted by Gasteiger charge is 2.29. The average molecular weight is 371 g/mol. The highest BCUT2D eigenvalue weighted by molar-refractivity contribution is 7.90. The predicted molar refractivity (Wildman–Crippen MR) is 95.3 cm³/mol. The van der Waals surface area contributed by atoms with E-state index >= 15 is 0 Å². The molecule has 3 rings (SSSR count). The normalized spacial score (nSPS) is 25.7. The Labute approximate surface area is 148 Å². The Morgan fingerprint density at radius 3 is 2.58 bits per heavy atom. The van der Waals surface area contributed by atoms with Crippen molar-refractivity contribution in [2.75, 3.05) is 13.3 Å². The lowest BCUT2D eigenvalue weighted by molar-refractivity contribution is 0.106. The van der Waals surface area contributed by atoms with Crippen LogP contribution in [0.1, 0.15) is 32.6 Å². The molecule has 24 heavy (non-hydrogen) atoms. The first-order chi connectivity index (χ1) is 11.5. The SMILES string of the molecule is C[C@H]1CCCC[C@@H]1N1CN=C(NS(=O)(=O)c2ccc(Cl)cc2)NC1. The summed E-state index contributed by atoms with van der Waals surface area (Å²) in [7, 11) is -3.65. The molecule has 1 fully saturated rings. The van der Waals surface area contributed by atoms with Crippen LogP contribution in [-0.2, 0) is 10.0 Å². The molecule has 0 saturated heterocycles. The third kappa shape index (κ3) is 4.02. The van der Waals surface area contributed by atoms with E-state index in [4.69, 9.17) is 11.6 Å². The van der Waals surface area contributed by atoms with E-state index in [-0.39, 0.29) is 4.90 Å². The number of nitrogens with zero attached hydrogens (tertiary/aromatic N) is 2. The molecule has 8 heteroatoms. The number of nitrogens with one attached hydrogen (secondary N) is 2. The van der Waals surface area contributed by atoms with Crippen molar-refractivity contribution in [2.24, 2.45) is 10.9 Å².